The van der Waals surface area contributed by atoms with E-state index in [9.17, 15) is 4.21 Å². The zero-order valence-electron chi connectivity index (χ0n) is 8.13. The molecule has 1 aliphatic rings. The van der Waals surface area contributed by atoms with Crippen molar-refractivity contribution in [2.45, 2.75) is 31.7 Å². The average molecular weight is 204 g/mol. The third-order valence-corrected chi connectivity index (χ3v) is 3.83. The molecule has 0 bridgehead atoms. The zero-order valence-corrected chi connectivity index (χ0v) is 8.94. The van der Waals surface area contributed by atoms with Gasteiger partial charge < -0.3 is 11.1 Å². The second-order valence-electron chi connectivity index (χ2n) is 3.57. The van der Waals surface area contributed by atoms with E-state index >= 15 is 0 Å². The summed E-state index contributed by atoms with van der Waals surface area (Å²) in [5.41, 5.74) is 5.40. The SMILES string of the molecule is NCCCCNC1CCS(=O)CC1. The standard InChI is InChI=1S/C9H20N2OS/c10-5-1-2-6-11-9-3-7-13(12)8-4-9/h9,11H,1-8,10H2. The van der Waals surface area contributed by atoms with Gasteiger partial charge >= 0.3 is 0 Å². The highest BCUT2D eigenvalue weighted by atomic mass is 32.2. The van der Waals surface area contributed by atoms with Gasteiger partial charge in [0.25, 0.3) is 0 Å². The zero-order chi connectivity index (χ0) is 9.52. The van der Waals surface area contributed by atoms with Gasteiger partial charge in [0, 0.05) is 28.3 Å². The summed E-state index contributed by atoms with van der Waals surface area (Å²) in [5, 5.41) is 3.49. The van der Waals surface area contributed by atoms with Crippen LogP contribution in [-0.4, -0.2) is 34.8 Å². The van der Waals surface area contributed by atoms with Crippen LogP contribution in [0.4, 0.5) is 0 Å². The van der Waals surface area contributed by atoms with Gasteiger partial charge in [0.15, 0.2) is 0 Å². The van der Waals surface area contributed by atoms with Gasteiger partial charge in [0.05, 0.1) is 0 Å². The van der Waals surface area contributed by atoms with E-state index in [-0.39, 0.29) is 0 Å². The molecule has 0 aromatic carbocycles. The third-order valence-electron chi connectivity index (χ3n) is 2.45. The highest BCUT2D eigenvalue weighted by Gasteiger charge is 2.16. The van der Waals surface area contributed by atoms with Crippen molar-refractivity contribution in [1.29, 1.82) is 0 Å². The lowest BCUT2D eigenvalue weighted by molar-refractivity contribution is 0.467. The molecule has 1 saturated heterocycles. The van der Waals surface area contributed by atoms with Gasteiger partial charge in [0.2, 0.25) is 0 Å². The molecule has 1 aliphatic heterocycles. The first-order valence-corrected chi connectivity index (χ1v) is 6.60. The number of nitrogens with two attached hydrogens (primary N) is 1. The van der Waals surface area contributed by atoms with Gasteiger partial charge in [-0.3, -0.25) is 4.21 Å². The minimum Gasteiger partial charge on any atom is -0.330 e. The maximum atomic E-state index is 11.1. The van der Waals surface area contributed by atoms with Crippen molar-refractivity contribution < 1.29 is 4.21 Å². The molecule has 0 aromatic rings. The lowest BCUT2D eigenvalue weighted by Gasteiger charge is -2.22. The molecule has 0 amide bonds. The molecule has 3 nitrogen and oxygen atoms in total. The van der Waals surface area contributed by atoms with Crippen molar-refractivity contribution in [3.8, 4) is 0 Å². The van der Waals surface area contributed by atoms with Crippen LogP contribution in [0.5, 0.6) is 0 Å². The van der Waals surface area contributed by atoms with Crippen LogP contribution < -0.4 is 11.1 Å². The van der Waals surface area contributed by atoms with Crippen LogP contribution in [0.1, 0.15) is 25.7 Å². The molecule has 78 valence electrons. The highest BCUT2D eigenvalue weighted by Crippen LogP contribution is 2.08. The highest BCUT2D eigenvalue weighted by molar-refractivity contribution is 7.85. The van der Waals surface area contributed by atoms with E-state index < -0.39 is 10.8 Å². The Hall–Kier alpha value is 0.0700. The largest absolute Gasteiger partial charge is 0.330 e. The lowest BCUT2D eigenvalue weighted by Crippen LogP contribution is -2.36. The van der Waals surface area contributed by atoms with Crippen molar-refractivity contribution in [2.75, 3.05) is 24.6 Å². The molecule has 0 saturated carbocycles. The van der Waals surface area contributed by atoms with Crippen molar-refractivity contribution in [3.63, 3.8) is 0 Å². The predicted octanol–water partition coefficient (Wildman–Crippen LogP) is 0.226. The molecule has 0 aromatic heterocycles. The molecule has 0 unspecified atom stereocenters. The summed E-state index contributed by atoms with van der Waals surface area (Å²) in [7, 11) is -0.530. The second-order valence-corrected chi connectivity index (χ2v) is 5.27. The fraction of sp³-hybridized carbons (Fsp3) is 1.00. The van der Waals surface area contributed by atoms with Crippen LogP contribution in [0.2, 0.25) is 0 Å². The number of hydrogen-bond acceptors (Lipinski definition) is 3. The summed E-state index contributed by atoms with van der Waals surface area (Å²) in [6.45, 7) is 1.85. The monoisotopic (exact) mass is 204 g/mol. The number of hydrogen-bond donors (Lipinski definition) is 2. The molecule has 0 atom stereocenters. The van der Waals surface area contributed by atoms with Crippen molar-refractivity contribution >= 4 is 10.8 Å². The van der Waals surface area contributed by atoms with Crippen LogP contribution in [0.3, 0.4) is 0 Å². The maximum Gasteiger partial charge on any atom is 0.0249 e. The van der Waals surface area contributed by atoms with Crippen LogP contribution in [0.15, 0.2) is 0 Å². The molecule has 1 heterocycles. The Labute approximate surface area is 82.9 Å². The maximum absolute atomic E-state index is 11.1. The Kier molecular flexibility index (Phi) is 5.58. The summed E-state index contributed by atoms with van der Waals surface area (Å²) < 4.78 is 11.1. The smallest absolute Gasteiger partial charge is 0.0249 e. The molecule has 1 fully saturated rings. The molecule has 0 spiro atoms. The van der Waals surface area contributed by atoms with Gasteiger partial charge in [-0.05, 0) is 38.8 Å². The first-order chi connectivity index (χ1) is 6.33. The van der Waals surface area contributed by atoms with Gasteiger partial charge in [-0.2, -0.15) is 0 Å². The minimum atomic E-state index is -0.530. The topological polar surface area (TPSA) is 55.1 Å². The van der Waals surface area contributed by atoms with E-state index in [0.29, 0.717) is 6.04 Å². The Balaban J connectivity index is 1.99. The summed E-state index contributed by atoms with van der Waals surface area (Å²) in [6.07, 6.45) is 4.42. The molecule has 0 aliphatic carbocycles. The van der Waals surface area contributed by atoms with Crippen molar-refractivity contribution in [1.82, 2.24) is 5.32 Å². The normalized spacial score (nSPS) is 29.0. The fourth-order valence-electron chi connectivity index (χ4n) is 1.57. The van der Waals surface area contributed by atoms with Crippen LogP contribution in [-0.2, 0) is 10.8 Å². The lowest BCUT2D eigenvalue weighted by atomic mass is 10.1. The average Bonchev–Trinajstić information content (AvgIpc) is 2.15. The number of nitrogens with one attached hydrogen (secondary N) is 1. The third kappa shape index (κ3) is 4.74. The quantitative estimate of drug-likeness (QED) is 0.630. The molecule has 13 heavy (non-hydrogen) atoms. The number of unbranched alkanes of at least 4 members (excludes halogenated alkanes) is 1. The van der Waals surface area contributed by atoms with Gasteiger partial charge in [0.1, 0.15) is 0 Å². The van der Waals surface area contributed by atoms with Crippen molar-refractivity contribution in [3.05, 3.63) is 0 Å². The van der Waals surface area contributed by atoms with Gasteiger partial charge in [-0.1, -0.05) is 0 Å². The summed E-state index contributed by atoms with van der Waals surface area (Å²) in [5.74, 6) is 1.77. The molecular weight excluding hydrogens is 184 g/mol. The first-order valence-electron chi connectivity index (χ1n) is 5.11. The Bertz CT molecular complexity index is 154. The molecule has 4 heteroatoms. The Morgan fingerprint density at radius 1 is 1.31 bits per heavy atom. The summed E-state index contributed by atoms with van der Waals surface area (Å²) in [4.78, 5) is 0. The molecular formula is C9H20N2OS. The Morgan fingerprint density at radius 3 is 2.62 bits per heavy atom. The van der Waals surface area contributed by atoms with E-state index in [1.807, 2.05) is 0 Å². The van der Waals surface area contributed by atoms with Crippen molar-refractivity contribution in [2.24, 2.45) is 5.73 Å². The summed E-state index contributed by atoms with van der Waals surface area (Å²) in [6, 6.07) is 0.607. The van der Waals surface area contributed by atoms with E-state index in [4.69, 9.17) is 5.73 Å². The first kappa shape index (κ1) is 11.1. The van der Waals surface area contributed by atoms with E-state index in [0.717, 1.165) is 50.3 Å². The summed E-state index contributed by atoms with van der Waals surface area (Å²) >= 11 is 0. The van der Waals surface area contributed by atoms with Gasteiger partial charge in [-0.15, -0.1) is 0 Å². The van der Waals surface area contributed by atoms with Gasteiger partial charge in [-0.25, -0.2) is 0 Å². The van der Waals surface area contributed by atoms with Crippen LogP contribution >= 0.6 is 0 Å². The second kappa shape index (κ2) is 6.51. The van der Waals surface area contributed by atoms with Crippen LogP contribution in [0.25, 0.3) is 0 Å². The van der Waals surface area contributed by atoms with E-state index in [2.05, 4.69) is 5.32 Å². The van der Waals surface area contributed by atoms with E-state index in [1.54, 1.807) is 0 Å². The van der Waals surface area contributed by atoms with E-state index in [1.165, 1.54) is 0 Å². The molecule has 0 radical (unpaired) electrons. The van der Waals surface area contributed by atoms with Crippen LogP contribution in [0, 0.1) is 0 Å². The molecule has 1 rings (SSSR count). The minimum absolute atomic E-state index is 0.530. The Morgan fingerprint density at radius 2 is 2.00 bits per heavy atom. The number of rotatable bonds is 5. The predicted molar refractivity (Wildman–Crippen MR) is 57.2 cm³/mol. The fourth-order valence-corrected chi connectivity index (χ4v) is 2.87. The molecule has 3 N–H and O–H groups in total.